The van der Waals surface area contributed by atoms with Crippen molar-refractivity contribution in [2.45, 2.75) is 23.1 Å². The molecule has 1 aliphatic heterocycles. The molecule has 7 heteroatoms. The van der Waals surface area contributed by atoms with Crippen LogP contribution < -0.4 is 0 Å². The summed E-state index contributed by atoms with van der Waals surface area (Å²) in [6.07, 6.45) is 0.850. The molecule has 1 aliphatic rings. The van der Waals surface area contributed by atoms with E-state index in [1.165, 1.54) is 4.31 Å². The summed E-state index contributed by atoms with van der Waals surface area (Å²) in [5.41, 5.74) is 0. The number of sulfonamides is 1. The Morgan fingerprint density at radius 3 is 2.68 bits per heavy atom. The Bertz CT molecular complexity index is 579. The van der Waals surface area contributed by atoms with E-state index in [9.17, 15) is 8.42 Å². The van der Waals surface area contributed by atoms with Crippen LogP contribution in [0.15, 0.2) is 27.6 Å². The van der Waals surface area contributed by atoms with E-state index < -0.39 is 10.0 Å². The third-order valence-electron chi connectivity index (χ3n) is 3.34. The minimum absolute atomic E-state index is 0.173. The molecule has 0 amide bonds. The molecule has 0 N–H and O–H groups in total. The van der Waals surface area contributed by atoms with E-state index in [0.717, 1.165) is 10.9 Å². The molecule has 1 aromatic rings. The Labute approximate surface area is 135 Å². The number of piperidine rings is 1. The van der Waals surface area contributed by atoms with Gasteiger partial charge in [-0.05, 0) is 30.5 Å². The van der Waals surface area contributed by atoms with Crippen LogP contribution in [0.5, 0.6) is 0 Å². The summed E-state index contributed by atoms with van der Waals surface area (Å²) in [6, 6.07) is 4.84. The smallest absolute Gasteiger partial charge is 0.207 e. The molecule has 3 nitrogen and oxygen atoms in total. The van der Waals surface area contributed by atoms with Crippen molar-refractivity contribution in [3.05, 3.63) is 27.7 Å². The minimum Gasteiger partial charge on any atom is -0.207 e. The van der Waals surface area contributed by atoms with Crippen LogP contribution in [0.1, 0.15) is 13.3 Å². The van der Waals surface area contributed by atoms with Crippen molar-refractivity contribution < 1.29 is 8.42 Å². The molecule has 0 radical (unpaired) electrons. The van der Waals surface area contributed by atoms with Crippen molar-refractivity contribution >= 4 is 53.5 Å². The molecule has 1 heterocycles. The number of hydrogen-bond acceptors (Lipinski definition) is 2. The maximum absolute atomic E-state index is 12.6. The van der Waals surface area contributed by atoms with E-state index in [4.69, 9.17) is 11.6 Å². The number of alkyl halides is 1. The van der Waals surface area contributed by atoms with Crippen molar-refractivity contribution in [3.63, 3.8) is 0 Å². The lowest BCUT2D eigenvalue weighted by Crippen LogP contribution is -2.43. The summed E-state index contributed by atoms with van der Waals surface area (Å²) in [5.74, 6) is 0.479. The van der Waals surface area contributed by atoms with Gasteiger partial charge in [0.2, 0.25) is 10.0 Å². The van der Waals surface area contributed by atoms with E-state index in [1.54, 1.807) is 18.2 Å². The van der Waals surface area contributed by atoms with Gasteiger partial charge in [0.25, 0.3) is 0 Å². The Morgan fingerprint density at radius 2 is 2.11 bits per heavy atom. The van der Waals surface area contributed by atoms with Gasteiger partial charge in [-0.2, -0.15) is 4.31 Å². The van der Waals surface area contributed by atoms with Gasteiger partial charge >= 0.3 is 0 Å². The van der Waals surface area contributed by atoms with Gasteiger partial charge in [0.1, 0.15) is 4.90 Å². The van der Waals surface area contributed by atoms with E-state index in [0.29, 0.717) is 19.0 Å². The quantitative estimate of drug-likeness (QED) is 0.666. The Kier molecular flexibility index (Phi) is 4.99. The predicted molar refractivity (Wildman–Crippen MR) is 84.4 cm³/mol. The summed E-state index contributed by atoms with van der Waals surface area (Å²) < 4.78 is 27.4. The summed E-state index contributed by atoms with van der Waals surface area (Å²) in [5, 5.41) is 0.249. The van der Waals surface area contributed by atoms with Gasteiger partial charge in [-0.3, -0.25) is 0 Å². The van der Waals surface area contributed by atoms with Crippen LogP contribution in [-0.2, 0) is 10.0 Å². The largest absolute Gasteiger partial charge is 0.244 e. The first-order valence-electron chi connectivity index (χ1n) is 5.91. The zero-order chi connectivity index (χ0) is 14.2. The van der Waals surface area contributed by atoms with Gasteiger partial charge < -0.3 is 0 Å². The fourth-order valence-electron chi connectivity index (χ4n) is 2.04. The second kappa shape index (κ2) is 6.02. The zero-order valence-corrected chi connectivity index (χ0v) is 15.1. The van der Waals surface area contributed by atoms with Crippen LogP contribution in [-0.4, -0.2) is 30.6 Å². The van der Waals surface area contributed by atoms with E-state index in [-0.39, 0.29) is 14.7 Å². The number of rotatable bonds is 2. The SMILES string of the molecule is CC1CCN(S(=O)(=O)c2ccc(Br)cc2Cl)CC1Br. The molecule has 0 spiro atoms. The average molecular weight is 432 g/mol. The highest BCUT2D eigenvalue weighted by Gasteiger charge is 2.33. The molecule has 0 bridgehead atoms. The molecule has 2 unspecified atom stereocenters. The Hall–Kier alpha value is 0.380. The average Bonchev–Trinajstić information content (AvgIpc) is 2.32. The third-order valence-corrected chi connectivity index (χ3v) is 7.37. The summed E-state index contributed by atoms with van der Waals surface area (Å²) in [7, 11) is -3.52. The third kappa shape index (κ3) is 3.35. The van der Waals surface area contributed by atoms with Gasteiger partial charge in [-0.1, -0.05) is 50.4 Å². The fraction of sp³-hybridized carbons (Fsp3) is 0.500. The van der Waals surface area contributed by atoms with Gasteiger partial charge in [0.05, 0.1) is 5.02 Å². The van der Waals surface area contributed by atoms with E-state index in [2.05, 4.69) is 38.8 Å². The molecule has 1 saturated heterocycles. The molecule has 106 valence electrons. The second-order valence-electron chi connectivity index (χ2n) is 4.72. The van der Waals surface area contributed by atoms with Crippen molar-refractivity contribution in [2.24, 2.45) is 5.92 Å². The number of nitrogens with zero attached hydrogens (tertiary/aromatic N) is 1. The molecular formula is C12H14Br2ClNO2S. The maximum atomic E-state index is 12.6. The summed E-state index contributed by atoms with van der Waals surface area (Å²) in [6.45, 7) is 3.14. The highest BCUT2D eigenvalue weighted by atomic mass is 79.9. The highest BCUT2D eigenvalue weighted by molar-refractivity contribution is 9.10. The zero-order valence-electron chi connectivity index (χ0n) is 10.3. The number of halogens is 3. The Morgan fingerprint density at radius 1 is 1.42 bits per heavy atom. The van der Waals surface area contributed by atoms with Gasteiger partial charge in [-0.15, -0.1) is 0 Å². The summed E-state index contributed by atoms with van der Waals surface area (Å²) in [4.78, 5) is 0.358. The normalized spacial score (nSPS) is 25.5. The summed E-state index contributed by atoms with van der Waals surface area (Å²) >= 11 is 12.9. The lowest BCUT2D eigenvalue weighted by Gasteiger charge is -2.33. The Balaban J connectivity index is 2.32. The van der Waals surface area contributed by atoms with Crippen molar-refractivity contribution in [1.82, 2.24) is 4.31 Å². The van der Waals surface area contributed by atoms with Gasteiger partial charge in [-0.25, -0.2) is 8.42 Å². The van der Waals surface area contributed by atoms with Gasteiger partial charge in [0, 0.05) is 22.4 Å². The van der Waals surface area contributed by atoms with Crippen LogP contribution in [0.4, 0.5) is 0 Å². The number of benzene rings is 1. The van der Waals surface area contributed by atoms with Crippen molar-refractivity contribution in [3.8, 4) is 0 Å². The van der Waals surface area contributed by atoms with Crippen LogP contribution in [0, 0.1) is 5.92 Å². The molecule has 2 atom stereocenters. The first-order valence-corrected chi connectivity index (χ1v) is 9.44. The fourth-order valence-corrected chi connectivity index (χ4v) is 5.33. The topological polar surface area (TPSA) is 37.4 Å². The van der Waals surface area contributed by atoms with E-state index in [1.807, 2.05) is 0 Å². The molecule has 0 saturated carbocycles. The molecule has 19 heavy (non-hydrogen) atoms. The lowest BCUT2D eigenvalue weighted by molar-refractivity contribution is 0.300. The molecule has 0 aromatic heterocycles. The molecular weight excluding hydrogens is 417 g/mol. The van der Waals surface area contributed by atoms with Crippen molar-refractivity contribution in [1.29, 1.82) is 0 Å². The molecule has 2 rings (SSSR count). The van der Waals surface area contributed by atoms with E-state index >= 15 is 0 Å². The molecule has 1 aromatic carbocycles. The maximum Gasteiger partial charge on any atom is 0.244 e. The molecule has 0 aliphatic carbocycles. The predicted octanol–water partition coefficient (Wildman–Crippen LogP) is 3.90. The van der Waals surface area contributed by atoms with Crippen molar-refractivity contribution in [2.75, 3.05) is 13.1 Å². The van der Waals surface area contributed by atoms with Crippen LogP contribution >= 0.6 is 43.5 Å². The monoisotopic (exact) mass is 429 g/mol. The van der Waals surface area contributed by atoms with Crippen LogP contribution in [0.2, 0.25) is 5.02 Å². The first kappa shape index (κ1) is 15.8. The first-order chi connectivity index (χ1) is 8.82. The van der Waals surface area contributed by atoms with Gasteiger partial charge in [0.15, 0.2) is 0 Å². The lowest BCUT2D eigenvalue weighted by atomic mass is 10.0. The van der Waals surface area contributed by atoms with Crippen LogP contribution in [0.25, 0.3) is 0 Å². The highest BCUT2D eigenvalue weighted by Crippen LogP contribution is 2.31. The number of hydrogen-bond donors (Lipinski definition) is 0. The second-order valence-corrected chi connectivity index (χ2v) is 9.13. The standard InChI is InChI=1S/C12H14Br2ClNO2S/c1-8-4-5-16(7-10(8)14)19(17,18)12-3-2-9(13)6-11(12)15/h2-3,6,8,10H,4-5,7H2,1H3. The van der Waals surface area contributed by atoms with Crippen LogP contribution in [0.3, 0.4) is 0 Å². The molecule has 1 fully saturated rings. The minimum atomic E-state index is -3.52.